The van der Waals surface area contributed by atoms with Crippen LogP contribution < -0.4 is 9.47 Å². The van der Waals surface area contributed by atoms with Gasteiger partial charge in [0.05, 0.1) is 6.61 Å². The highest BCUT2D eigenvalue weighted by molar-refractivity contribution is 5.82. The maximum absolute atomic E-state index is 6.37. The van der Waals surface area contributed by atoms with Gasteiger partial charge in [0.25, 0.3) is 0 Å². The molecule has 0 bridgehead atoms. The minimum atomic E-state index is -0.375. The molecule has 0 aliphatic carbocycles. The topological polar surface area (TPSA) is 27.7 Å². The van der Waals surface area contributed by atoms with Crippen LogP contribution in [0.15, 0.2) is 103 Å². The van der Waals surface area contributed by atoms with Gasteiger partial charge < -0.3 is 14.2 Å². The standard InChI is InChI=1S/C34H38O3/c1-25(2)24-26(3)28-18-20-31(21-19-28)37-27(4)35-22-23-36-34-32(29-12-7-5-8-13-29)16-11-17-33(34)30-14-9-6-10-15-30/h5-21,25-27H,22-24H2,1-4H3. The van der Waals surface area contributed by atoms with Gasteiger partial charge in [0, 0.05) is 11.1 Å². The molecule has 0 aliphatic rings. The van der Waals surface area contributed by atoms with Gasteiger partial charge in [-0.15, -0.1) is 0 Å². The van der Waals surface area contributed by atoms with Crippen LogP contribution in [0.5, 0.6) is 11.5 Å². The van der Waals surface area contributed by atoms with Crippen LogP contribution in [0.1, 0.15) is 45.6 Å². The van der Waals surface area contributed by atoms with Crippen LogP contribution in [0.2, 0.25) is 0 Å². The van der Waals surface area contributed by atoms with Gasteiger partial charge >= 0.3 is 0 Å². The maximum atomic E-state index is 6.37. The van der Waals surface area contributed by atoms with Gasteiger partial charge in [0.2, 0.25) is 0 Å². The van der Waals surface area contributed by atoms with Gasteiger partial charge in [-0.2, -0.15) is 0 Å². The highest BCUT2D eigenvalue weighted by atomic mass is 16.7. The summed E-state index contributed by atoms with van der Waals surface area (Å²) in [7, 11) is 0. The second-order valence-electron chi connectivity index (χ2n) is 9.92. The largest absolute Gasteiger partial charge is 0.490 e. The molecular weight excluding hydrogens is 456 g/mol. The van der Waals surface area contributed by atoms with Crippen LogP contribution in [0.3, 0.4) is 0 Å². The average molecular weight is 495 g/mol. The number of hydrogen-bond donors (Lipinski definition) is 0. The first-order valence-corrected chi connectivity index (χ1v) is 13.3. The third-order valence-electron chi connectivity index (χ3n) is 6.44. The SMILES string of the molecule is CC(C)CC(C)c1ccc(OC(C)OCCOc2c(-c3ccccc3)cccc2-c2ccccc2)cc1. The Morgan fingerprint density at radius 1 is 0.595 bits per heavy atom. The van der Waals surface area contributed by atoms with Crippen LogP contribution in [-0.2, 0) is 4.74 Å². The van der Waals surface area contributed by atoms with Crippen LogP contribution in [0, 0.1) is 5.92 Å². The summed E-state index contributed by atoms with van der Waals surface area (Å²) < 4.78 is 18.3. The molecule has 2 atom stereocenters. The number of para-hydroxylation sites is 1. The van der Waals surface area contributed by atoms with Gasteiger partial charge in [-0.3, -0.25) is 0 Å². The molecule has 0 saturated carbocycles. The molecule has 0 saturated heterocycles. The average Bonchev–Trinajstić information content (AvgIpc) is 2.92. The summed E-state index contributed by atoms with van der Waals surface area (Å²) >= 11 is 0. The van der Waals surface area contributed by atoms with Crippen molar-refractivity contribution in [1.82, 2.24) is 0 Å². The molecule has 0 aromatic heterocycles. The Morgan fingerprint density at radius 2 is 1.16 bits per heavy atom. The molecule has 3 nitrogen and oxygen atoms in total. The van der Waals surface area contributed by atoms with E-state index in [0.29, 0.717) is 25.0 Å². The van der Waals surface area contributed by atoms with Crippen molar-refractivity contribution in [3.63, 3.8) is 0 Å². The quantitative estimate of drug-likeness (QED) is 0.145. The van der Waals surface area contributed by atoms with Crippen molar-refractivity contribution in [2.75, 3.05) is 13.2 Å². The predicted molar refractivity (Wildman–Crippen MR) is 153 cm³/mol. The van der Waals surface area contributed by atoms with Crippen molar-refractivity contribution in [2.24, 2.45) is 5.92 Å². The molecule has 0 radical (unpaired) electrons. The Bertz CT molecular complexity index is 1160. The highest BCUT2D eigenvalue weighted by Gasteiger charge is 2.14. The molecule has 4 aromatic rings. The summed E-state index contributed by atoms with van der Waals surface area (Å²) in [6.45, 7) is 9.56. The lowest BCUT2D eigenvalue weighted by Crippen LogP contribution is -2.20. The van der Waals surface area contributed by atoms with E-state index in [9.17, 15) is 0 Å². The lowest BCUT2D eigenvalue weighted by atomic mass is 9.92. The zero-order valence-electron chi connectivity index (χ0n) is 22.4. The molecule has 0 heterocycles. The number of benzene rings is 4. The summed E-state index contributed by atoms with van der Waals surface area (Å²) in [5, 5.41) is 0. The van der Waals surface area contributed by atoms with Crippen molar-refractivity contribution in [1.29, 1.82) is 0 Å². The summed E-state index contributed by atoms with van der Waals surface area (Å²) in [5.74, 6) is 2.90. The maximum Gasteiger partial charge on any atom is 0.197 e. The van der Waals surface area contributed by atoms with E-state index in [4.69, 9.17) is 14.2 Å². The van der Waals surface area contributed by atoms with Gasteiger partial charge in [-0.05, 0) is 54.0 Å². The fourth-order valence-corrected chi connectivity index (χ4v) is 4.68. The fourth-order valence-electron chi connectivity index (χ4n) is 4.68. The van der Waals surface area contributed by atoms with E-state index in [1.165, 1.54) is 12.0 Å². The van der Waals surface area contributed by atoms with Crippen LogP contribution in [-0.4, -0.2) is 19.5 Å². The Labute approximate surface area is 222 Å². The Morgan fingerprint density at radius 3 is 1.70 bits per heavy atom. The van der Waals surface area contributed by atoms with E-state index in [0.717, 1.165) is 33.8 Å². The predicted octanol–water partition coefficient (Wildman–Crippen LogP) is 8.99. The molecule has 3 heteroatoms. The lowest BCUT2D eigenvalue weighted by molar-refractivity contribution is -0.0738. The second-order valence-corrected chi connectivity index (χ2v) is 9.92. The van der Waals surface area contributed by atoms with Crippen molar-refractivity contribution < 1.29 is 14.2 Å². The molecule has 2 unspecified atom stereocenters. The fraction of sp³-hybridized carbons (Fsp3) is 0.294. The molecule has 4 aromatic carbocycles. The normalized spacial score (nSPS) is 12.8. The van der Waals surface area contributed by atoms with Crippen molar-refractivity contribution in [3.05, 3.63) is 109 Å². The summed E-state index contributed by atoms with van der Waals surface area (Å²) in [4.78, 5) is 0. The Kier molecular flexibility index (Phi) is 9.40. The van der Waals surface area contributed by atoms with Gasteiger partial charge in [0.1, 0.15) is 18.1 Å². The van der Waals surface area contributed by atoms with Crippen molar-refractivity contribution >= 4 is 0 Å². The van der Waals surface area contributed by atoms with E-state index >= 15 is 0 Å². The number of rotatable bonds is 12. The highest BCUT2D eigenvalue weighted by Crippen LogP contribution is 2.39. The zero-order chi connectivity index (χ0) is 26.0. The number of ether oxygens (including phenoxy) is 3. The first-order valence-electron chi connectivity index (χ1n) is 13.3. The smallest absolute Gasteiger partial charge is 0.197 e. The molecule has 0 fully saturated rings. The van der Waals surface area contributed by atoms with E-state index in [1.54, 1.807) is 0 Å². The first-order chi connectivity index (χ1) is 18.0. The van der Waals surface area contributed by atoms with E-state index in [1.807, 2.05) is 55.5 Å². The van der Waals surface area contributed by atoms with Crippen molar-refractivity contribution in [2.45, 2.75) is 46.3 Å². The summed E-state index contributed by atoms with van der Waals surface area (Å²) in [6.07, 6.45) is 0.805. The van der Waals surface area contributed by atoms with Gasteiger partial charge in [-0.1, -0.05) is 112 Å². The third kappa shape index (κ3) is 7.47. The molecule has 0 N–H and O–H groups in total. The summed E-state index contributed by atoms with van der Waals surface area (Å²) in [6, 6.07) is 35.4. The van der Waals surface area contributed by atoms with Gasteiger partial charge in [-0.25, -0.2) is 0 Å². The molecule has 0 amide bonds. The Balaban J connectivity index is 1.37. The minimum absolute atomic E-state index is 0.375. The Hall–Kier alpha value is -3.56. The van der Waals surface area contributed by atoms with E-state index in [-0.39, 0.29) is 6.29 Å². The first kappa shape index (κ1) is 26.5. The number of hydrogen-bond acceptors (Lipinski definition) is 3. The third-order valence-corrected chi connectivity index (χ3v) is 6.44. The zero-order valence-corrected chi connectivity index (χ0v) is 22.4. The molecule has 192 valence electrons. The summed E-state index contributed by atoms with van der Waals surface area (Å²) in [5.41, 5.74) is 5.73. The van der Waals surface area contributed by atoms with Crippen molar-refractivity contribution in [3.8, 4) is 33.8 Å². The van der Waals surface area contributed by atoms with Gasteiger partial charge in [0.15, 0.2) is 6.29 Å². The van der Waals surface area contributed by atoms with Crippen LogP contribution in [0.25, 0.3) is 22.3 Å². The molecule has 4 rings (SSSR count). The van der Waals surface area contributed by atoms with Crippen LogP contribution in [0.4, 0.5) is 0 Å². The van der Waals surface area contributed by atoms with E-state index in [2.05, 4.69) is 75.4 Å². The van der Waals surface area contributed by atoms with E-state index < -0.39 is 0 Å². The van der Waals surface area contributed by atoms with Crippen LogP contribution >= 0.6 is 0 Å². The monoisotopic (exact) mass is 494 g/mol. The molecule has 0 spiro atoms. The molecule has 37 heavy (non-hydrogen) atoms. The second kappa shape index (κ2) is 13.1. The minimum Gasteiger partial charge on any atom is -0.490 e. The molecular formula is C34H38O3. The molecule has 0 aliphatic heterocycles. The lowest BCUT2D eigenvalue weighted by Gasteiger charge is -2.19.